The van der Waals surface area contributed by atoms with Gasteiger partial charge >= 0.3 is 6.16 Å². The number of ether oxygens (including phenoxy) is 3. The average molecular weight is 300 g/mol. The second-order valence-corrected chi connectivity index (χ2v) is 3.46. The van der Waals surface area contributed by atoms with Crippen LogP contribution in [0.2, 0.25) is 0 Å². The van der Waals surface area contributed by atoms with Crippen molar-refractivity contribution < 1.29 is 19.0 Å². The van der Waals surface area contributed by atoms with Crippen LogP contribution in [-0.2, 0) is 14.2 Å². The van der Waals surface area contributed by atoms with E-state index in [9.17, 15) is 4.79 Å². The molecule has 1 unspecified atom stereocenters. The standard InChI is InChI=1S/C6H5IO4S/c7-12-3-1-2-9-5-4-10-6(8)11-5/h5H,2,4H2. The maximum Gasteiger partial charge on any atom is 0.510 e. The summed E-state index contributed by atoms with van der Waals surface area (Å²) in [5.41, 5.74) is 0. The minimum atomic E-state index is -0.684. The lowest BCUT2D eigenvalue weighted by atomic mass is 10.7. The molecule has 12 heavy (non-hydrogen) atoms. The maximum atomic E-state index is 10.4. The molecule has 0 radical (unpaired) electrons. The summed E-state index contributed by atoms with van der Waals surface area (Å²) in [5, 5.41) is 2.73. The Bertz CT molecular complexity index is 221. The van der Waals surface area contributed by atoms with Gasteiger partial charge in [0.1, 0.15) is 6.61 Å². The Morgan fingerprint density at radius 2 is 2.67 bits per heavy atom. The van der Waals surface area contributed by atoms with E-state index in [0.29, 0.717) is 0 Å². The lowest BCUT2D eigenvalue weighted by Gasteiger charge is -2.02. The molecule has 1 saturated heterocycles. The molecule has 0 aromatic carbocycles. The summed E-state index contributed by atoms with van der Waals surface area (Å²) in [5.74, 6) is 2.71. The van der Waals surface area contributed by atoms with Crippen molar-refractivity contribution in [2.45, 2.75) is 6.29 Å². The predicted molar refractivity (Wildman–Crippen MR) is 51.6 cm³/mol. The summed E-state index contributed by atoms with van der Waals surface area (Å²) in [7, 11) is 1.37. The summed E-state index contributed by atoms with van der Waals surface area (Å²) < 4.78 is 14.1. The van der Waals surface area contributed by atoms with E-state index >= 15 is 0 Å². The van der Waals surface area contributed by atoms with Gasteiger partial charge in [-0.15, -0.1) is 0 Å². The van der Waals surface area contributed by atoms with Crippen LogP contribution in [-0.4, -0.2) is 25.7 Å². The van der Waals surface area contributed by atoms with Gasteiger partial charge in [0.05, 0.1) is 0 Å². The minimum absolute atomic E-state index is 0.151. The zero-order chi connectivity index (χ0) is 8.81. The van der Waals surface area contributed by atoms with E-state index in [1.54, 1.807) is 0 Å². The first-order chi connectivity index (χ1) is 5.83. The van der Waals surface area contributed by atoms with E-state index in [0.717, 1.165) is 0 Å². The quantitative estimate of drug-likeness (QED) is 0.440. The van der Waals surface area contributed by atoms with E-state index in [-0.39, 0.29) is 13.2 Å². The third kappa shape index (κ3) is 3.51. The summed E-state index contributed by atoms with van der Waals surface area (Å²) >= 11 is 2.06. The summed E-state index contributed by atoms with van der Waals surface area (Å²) in [4.78, 5) is 10.4. The fourth-order valence-electron chi connectivity index (χ4n) is 0.585. The Labute approximate surface area is 85.9 Å². The molecule has 0 spiro atoms. The maximum absolute atomic E-state index is 10.4. The number of carbonyl (C=O) groups excluding carboxylic acids is 1. The van der Waals surface area contributed by atoms with Crippen LogP contribution in [0.25, 0.3) is 0 Å². The van der Waals surface area contributed by atoms with Crippen molar-refractivity contribution >= 4 is 36.3 Å². The number of carbonyl (C=O) groups is 1. The molecule has 0 bridgehead atoms. The van der Waals surface area contributed by atoms with Gasteiger partial charge in [-0.1, -0.05) is 5.92 Å². The first-order valence-electron chi connectivity index (χ1n) is 3.03. The Kier molecular flexibility index (Phi) is 4.57. The molecule has 0 aliphatic carbocycles. The molecule has 0 amide bonds. The lowest BCUT2D eigenvalue weighted by Crippen LogP contribution is -2.14. The van der Waals surface area contributed by atoms with Gasteiger partial charge in [0.2, 0.25) is 6.29 Å². The van der Waals surface area contributed by atoms with Crippen molar-refractivity contribution in [1.29, 1.82) is 0 Å². The molecule has 1 fully saturated rings. The molecular weight excluding hydrogens is 295 g/mol. The topological polar surface area (TPSA) is 44.8 Å². The molecule has 4 nitrogen and oxygen atoms in total. The Hall–Kier alpha value is -0.130. The fourth-order valence-corrected chi connectivity index (χ4v) is 1.17. The van der Waals surface area contributed by atoms with E-state index in [1.807, 2.05) is 0 Å². The van der Waals surface area contributed by atoms with E-state index in [2.05, 4.69) is 41.9 Å². The van der Waals surface area contributed by atoms with Crippen LogP contribution in [0.5, 0.6) is 0 Å². The molecule has 1 aliphatic rings. The van der Waals surface area contributed by atoms with Gasteiger partial charge in [0.25, 0.3) is 0 Å². The zero-order valence-electron chi connectivity index (χ0n) is 5.91. The highest BCUT2D eigenvalue weighted by Gasteiger charge is 2.24. The normalized spacial score (nSPS) is 20.8. The monoisotopic (exact) mass is 300 g/mol. The number of hydrogen-bond acceptors (Lipinski definition) is 5. The molecule has 6 heteroatoms. The molecule has 0 aromatic heterocycles. The minimum Gasteiger partial charge on any atom is -0.428 e. The fraction of sp³-hybridized carbons (Fsp3) is 0.500. The molecule has 66 valence electrons. The highest BCUT2D eigenvalue weighted by molar-refractivity contribution is 14.2. The molecule has 1 atom stereocenters. The van der Waals surface area contributed by atoms with Crippen molar-refractivity contribution in [3.63, 3.8) is 0 Å². The van der Waals surface area contributed by atoms with Crippen LogP contribution < -0.4 is 0 Å². The van der Waals surface area contributed by atoms with Crippen LogP contribution in [0.3, 0.4) is 0 Å². The van der Waals surface area contributed by atoms with Gasteiger partial charge in [0, 0.05) is 21.2 Å². The van der Waals surface area contributed by atoms with Crippen molar-refractivity contribution in [3.8, 4) is 11.2 Å². The average Bonchev–Trinajstić information content (AvgIpc) is 2.45. The largest absolute Gasteiger partial charge is 0.510 e. The van der Waals surface area contributed by atoms with Crippen molar-refractivity contribution in [2.75, 3.05) is 13.2 Å². The first kappa shape index (κ1) is 9.95. The SMILES string of the molecule is O=C1OCC(OCC#CSI)O1. The molecule has 1 heterocycles. The molecule has 1 aliphatic heterocycles. The van der Waals surface area contributed by atoms with Gasteiger partial charge in [-0.25, -0.2) is 4.79 Å². The van der Waals surface area contributed by atoms with Gasteiger partial charge in [-0.05, 0) is 14.2 Å². The molecular formula is C6H5IO4S. The van der Waals surface area contributed by atoms with E-state index < -0.39 is 12.4 Å². The summed E-state index contributed by atoms with van der Waals surface area (Å²) in [6.45, 7) is 0.398. The van der Waals surface area contributed by atoms with Gasteiger partial charge in [0.15, 0.2) is 6.61 Å². The highest BCUT2D eigenvalue weighted by atomic mass is 127. The smallest absolute Gasteiger partial charge is 0.428 e. The Balaban J connectivity index is 2.12. The summed E-state index contributed by atoms with van der Waals surface area (Å²) in [6.07, 6.45) is -1.28. The van der Waals surface area contributed by atoms with Crippen LogP contribution >= 0.6 is 30.1 Å². The molecule has 1 rings (SSSR count). The molecule has 0 aromatic rings. The summed E-state index contributed by atoms with van der Waals surface area (Å²) in [6, 6.07) is 0. The molecule has 0 saturated carbocycles. The third-order valence-corrected chi connectivity index (χ3v) is 1.90. The Morgan fingerprint density at radius 1 is 1.83 bits per heavy atom. The Morgan fingerprint density at radius 3 is 3.25 bits per heavy atom. The second kappa shape index (κ2) is 5.50. The zero-order valence-corrected chi connectivity index (χ0v) is 8.88. The number of hydrogen-bond donors (Lipinski definition) is 0. The predicted octanol–water partition coefficient (Wildman–Crippen LogP) is 1.54. The number of rotatable bonds is 2. The third-order valence-electron chi connectivity index (χ3n) is 1.02. The van der Waals surface area contributed by atoms with E-state index in [4.69, 9.17) is 4.74 Å². The first-order valence-corrected chi connectivity index (χ1v) is 6.39. The van der Waals surface area contributed by atoms with E-state index in [1.165, 1.54) is 8.93 Å². The van der Waals surface area contributed by atoms with Crippen molar-refractivity contribution in [3.05, 3.63) is 0 Å². The van der Waals surface area contributed by atoms with Crippen LogP contribution in [0.1, 0.15) is 0 Å². The number of cyclic esters (lactones) is 2. The van der Waals surface area contributed by atoms with Gasteiger partial charge in [-0.3, -0.25) is 0 Å². The van der Waals surface area contributed by atoms with Crippen LogP contribution in [0.4, 0.5) is 4.79 Å². The van der Waals surface area contributed by atoms with Gasteiger partial charge in [-0.2, -0.15) is 0 Å². The van der Waals surface area contributed by atoms with Crippen LogP contribution in [0, 0.1) is 11.2 Å². The lowest BCUT2D eigenvalue weighted by molar-refractivity contribution is -0.0641. The number of halogens is 1. The second-order valence-electron chi connectivity index (χ2n) is 1.78. The van der Waals surface area contributed by atoms with Crippen LogP contribution in [0.15, 0.2) is 0 Å². The molecule has 0 N–H and O–H groups in total. The highest BCUT2D eigenvalue weighted by Crippen LogP contribution is 2.08. The van der Waals surface area contributed by atoms with Crippen molar-refractivity contribution in [1.82, 2.24) is 0 Å². The van der Waals surface area contributed by atoms with Crippen molar-refractivity contribution in [2.24, 2.45) is 0 Å². The van der Waals surface area contributed by atoms with Gasteiger partial charge < -0.3 is 14.2 Å².